The van der Waals surface area contributed by atoms with Crippen LogP contribution in [0.2, 0.25) is 0 Å². The second-order valence-electron chi connectivity index (χ2n) is 6.58. The summed E-state index contributed by atoms with van der Waals surface area (Å²) < 4.78 is 53.2. The van der Waals surface area contributed by atoms with Gasteiger partial charge in [-0.15, -0.1) is 0 Å². The number of rotatable bonds is 4. The van der Waals surface area contributed by atoms with Crippen LogP contribution in [-0.4, -0.2) is 28.5 Å². The third-order valence-electron chi connectivity index (χ3n) is 4.53. The van der Waals surface area contributed by atoms with Crippen molar-refractivity contribution in [2.24, 2.45) is 0 Å². The zero-order chi connectivity index (χ0) is 20.0. The molecule has 0 aliphatic carbocycles. The molecule has 27 heavy (non-hydrogen) atoms. The van der Waals surface area contributed by atoms with Crippen molar-refractivity contribution in [3.63, 3.8) is 0 Å². The molecule has 1 aliphatic heterocycles. The van der Waals surface area contributed by atoms with Crippen LogP contribution in [0, 0.1) is 20.8 Å². The Bertz CT molecular complexity index is 1140. The van der Waals surface area contributed by atoms with Crippen LogP contribution >= 0.6 is 0 Å². The molecule has 0 unspecified atom stereocenters. The van der Waals surface area contributed by atoms with Gasteiger partial charge in [-0.25, -0.2) is 21.1 Å². The molecular weight excluding hydrogens is 388 g/mol. The molecule has 1 aliphatic rings. The molecule has 0 saturated carbocycles. The maximum Gasteiger partial charge on any atom is 0.262 e. The van der Waals surface area contributed by atoms with E-state index in [2.05, 4.69) is 4.72 Å². The van der Waals surface area contributed by atoms with Crippen molar-refractivity contribution < 1.29 is 21.6 Å². The van der Waals surface area contributed by atoms with Gasteiger partial charge in [-0.1, -0.05) is 12.1 Å². The maximum absolute atomic E-state index is 12.9. The van der Waals surface area contributed by atoms with Crippen molar-refractivity contribution in [3.8, 4) is 0 Å². The fourth-order valence-corrected chi connectivity index (χ4v) is 5.65. The lowest BCUT2D eigenvalue weighted by Crippen LogP contribution is -2.29. The fourth-order valence-electron chi connectivity index (χ4n) is 2.89. The summed E-state index contributed by atoms with van der Waals surface area (Å²) in [6.07, 6.45) is -0.112. The molecule has 1 N–H and O–H groups in total. The smallest absolute Gasteiger partial charge is 0.262 e. The summed E-state index contributed by atoms with van der Waals surface area (Å²) in [6, 6.07) is 9.34. The van der Waals surface area contributed by atoms with E-state index in [1.807, 2.05) is 19.9 Å². The number of hydrogen-bond donors (Lipinski definition) is 1. The van der Waals surface area contributed by atoms with E-state index in [-0.39, 0.29) is 22.8 Å². The molecule has 0 spiro atoms. The van der Waals surface area contributed by atoms with E-state index in [9.17, 15) is 21.6 Å². The molecule has 1 fully saturated rings. The first-order chi connectivity index (χ1) is 12.5. The third-order valence-corrected chi connectivity index (χ3v) is 7.75. The maximum atomic E-state index is 12.9. The van der Waals surface area contributed by atoms with Crippen LogP contribution in [0.4, 0.5) is 11.4 Å². The number of hydrogen-bond acceptors (Lipinski definition) is 5. The number of aryl methyl sites for hydroxylation is 3. The van der Waals surface area contributed by atoms with Gasteiger partial charge in [0.1, 0.15) is 0 Å². The van der Waals surface area contributed by atoms with Crippen LogP contribution < -0.4 is 9.03 Å². The Labute approximate surface area is 159 Å². The molecular formula is C18H20N2O5S2. The lowest BCUT2D eigenvalue weighted by molar-refractivity contribution is -0.116. The molecule has 0 radical (unpaired) electrons. The lowest BCUT2D eigenvalue weighted by Gasteiger charge is -2.18. The van der Waals surface area contributed by atoms with Crippen LogP contribution in [0.1, 0.15) is 23.1 Å². The molecule has 1 heterocycles. The second kappa shape index (κ2) is 6.65. The highest BCUT2D eigenvalue weighted by molar-refractivity contribution is 7.94. The van der Waals surface area contributed by atoms with Gasteiger partial charge in [-0.2, -0.15) is 0 Å². The minimum Gasteiger partial charge on any atom is -0.280 e. The minimum absolute atomic E-state index is 0.0311. The van der Waals surface area contributed by atoms with Gasteiger partial charge in [0.2, 0.25) is 15.9 Å². The molecule has 1 amide bonds. The van der Waals surface area contributed by atoms with Crippen molar-refractivity contribution in [2.45, 2.75) is 32.1 Å². The molecule has 2 aromatic carbocycles. The summed E-state index contributed by atoms with van der Waals surface area (Å²) >= 11 is 0. The van der Waals surface area contributed by atoms with Gasteiger partial charge in [0.05, 0.1) is 16.3 Å². The molecule has 144 valence electrons. The molecule has 7 nitrogen and oxygen atoms in total. The summed E-state index contributed by atoms with van der Waals surface area (Å²) in [5.41, 5.74) is 2.86. The first kappa shape index (κ1) is 19.4. The highest BCUT2D eigenvalue weighted by Crippen LogP contribution is 2.30. The first-order valence-electron chi connectivity index (χ1n) is 8.28. The van der Waals surface area contributed by atoms with Gasteiger partial charge in [0.15, 0.2) is 0 Å². The van der Waals surface area contributed by atoms with Gasteiger partial charge in [-0.05, 0) is 61.7 Å². The average Bonchev–Trinajstić information content (AvgIpc) is 2.84. The highest BCUT2D eigenvalue weighted by Gasteiger charge is 2.37. The predicted octanol–water partition coefficient (Wildman–Crippen LogP) is 2.48. The Balaban J connectivity index is 2.03. The third kappa shape index (κ3) is 3.70. The zero-order valence-electron chi connectivity index (χ0n) is 15.2. The summed E-state index contributed by atoms with van der Waals surface area (Å²) in [5, 5.41) is 0. The summed E-state index contributed by atoms with van der Waals surface area (Å²) in [4.78, 5) is 11.9. The Morgan fingerprint density at radius 1 is 0.963 bits per heavy atom. The van der Waals surface area contributed by atoms with Gasteiger partial charge in [-0.3, -0.25) is 9.52 Å². The van der Waals surface area contributed by atoms with E-state index >= 15 is 0 Å². The fraction of sp³-hybridized carbons (Fsp3) is 0.278. The summed E-state index contributed by atoms with van der Waals surface area (Å²) in [5.74, 6) is -0.841. The van der Waals surface area contributed by atoms with Gasteiger partial charge >= 0.3 is 0 Å². The SMILES string of the molecule is Cc1ccc(NS(=O)(=O)c2cc(N3C(=O)CCS3(=O)=O)ccc2C)cc1C. The number of nitrogens with zero attached hydrogens (tertiary/aromatic N) is 1. The Kier molecular flexibility index (Phi) is 4.77. The second-order valence-corrected chi connectivity index (χ2v) is 10.2. The van der Waals surface area contributed by atoms with Crippen molar-refractivity contribution in [2.75, 3.05) is 14.8 Å². The number of anilines is 2. The van der Waals surface area contributed by atoms with Gasteiger partial charge < -0.3 is 0 Å². The molecule has 0 bridgehead atoms. The Morgan fingerprint density at radius 3 is 2.22 bits per heavy atom. The number of nitrogens with one attached hydrogen (secondary N) is 1. The molecule has 2 aromatic rings. The van der Waals surface area contributed by atoms with E-state index in [1.54, 1.807) is 19.1 Å². The normalized spacial score (nSPS) is 16.6. The van der Waals surface area contributed by atoms with Crippen LogP contribution in [0.15, 0.2) is 41.3 Å². The number of sulfonamides is 2. The Morgan fingerprint density at radius 2 is 1.63 bits per heavy atom. The number of benzene rings is 2. The van der Waals surface area contributed by atoms with E-state index in [0.717, 1.165) is 11.1 Å². The van der Waals surface area contributed by atoms with Gasteiger partial charge in [0.25, 0.3) is 10.0 Å². The summed E-state index contributed by atoms with van der Waals surface area (Å²) in [6.45, 7) is 5.41. The number of carbonyl (C=O) groups is 1. The lowest BCUT2D eigenvalue weighted by atomic mass is 10.1. The highest BCUT2D eigenvalue weighted by atomic mass is 32.2. The van der Waals surface area contributed by atoms with E-state index in [0.29, 0.717) is 15.6 Å². The van der Waals surface area contributed by atoms with Crippen LogP contribution in [-0.2, 0) is 24.8 Å². The van der Waals surface area contributed by atoms with Crippen LogP contribution in [0.3, 0.4) is 0 Å². The predicted molar refractivity (Wildman–Crippen MR) is 104 cm³/mol. The average molecular weight is 409 g/mol. The standard InChI is InChI=1S/C18H20N2O5S2/c1-12-4-6-15(10-14(12)3)19-27(24,25)17-11-16(7-5-13(17)2)20-18(21)8-9-26(20,22)23/h4-7,10-11,19H,8-9H2,1-3H3. The first-order valence-corrected chi connectivity index (χ1v) is 11.4. The van der Waals surface area contributed by atoms with E-state index in [1.165, 1.54) is 18.2 Å². The van der Waals surface area contributed by atoms with Crippen molar-refractivity contribution in [1.29, 1.82) is 0 Å². The monoisotopic (exact) mass is 408 g/mol. The van der Waals surface area contributed by atoms with E-state index < -0.39 is 26.0 Å². The van der Waals surface area contributed by atoms with Crippen molar-refractivity contribution in [1.82, 2.24) is 0 Å². The van der Waals surface area contributed by atoms with Gasteiger partial charge in [0, 0.05) is 12.1 Å². The summed E-state index contributed by atoms with van der Waals surface area (Å²) in [7, 11) is -7.73. The zero-order valence-corrected chi connectivity index (χ0v) is 16.8. The van der Waals surface area contributed by atoms with Crippen molar-refractivity contribution >= 4 is 37.3 Å². The molecule has 1 saturated heterocycles. The largest absolute Gasteiger partial charge is 0.280 e. The topological polar surface area (TPSA) is 101 Å². The molecule has 0 aromatic heterocycles. The number of amides is 1. The molecule has 0 atom stereocenters. The minimum atomic E-state index is -3.96. The van der Waals surface area contributed by atoms with Crippen molar-refractivity contribution in [3.05, 3.63) is 53.1 Å². The van der Waals surface area contributed by atoms with E-state index in [4.69, 9.17) is 0 Å². The Hall–Kier alpha value is -2.39. The molecule has 3 rings (SSSR count). The quantitative estimate of drug-likeness (QED) is 0.838. The number of carbonyl (C=O) groups excluding carboxylic acids is 1. The molecule has 9 heteroatoms. The van der Waals surface area contributed by atoms with Crippen LogP contribution in [0.5, 0.6) is 0 Å². The van der Waals surface area contributed by atoms with Crippen LogP contribution in [0.25, 0.3) is 0 Å².